The van der Waals surface area contributed by atoms with Crippen LogP contribution >= 0.6 is 0 Å². The molecule has 1 amide bonds. The SMILES string of the molecule is CCCCC(N)c1nc(C(=O)NCCc2ccc([N+](=O)[O-])cc2)co1. The molecule has 0 fully saturated rings. The molecular formula is C17H22N4O4. The Labute approximate surface area is 145 Å². The number of amides is 1. The molecule has 1 aromatic heterocycles. The quantitative estimate of drug-likeness (QED) is 0.531. The first kappa shape index (κ1) is 18.6. The summed E-state index contributed by atoms with van der Waals surface area (Å²) in [6.45, 7) is 2.47. The Hall–Kier alpha value is -2.74. The summed E-state index contributed by atoms with van der Waals surface area (Å²) in [5.41, 5.74) is 7.11. The third kappa shape index (κ3) is 5.39. The highest BCUT2D eigenvalue weighted by Crippen LogP contribution is 2.16. The second kappa shape index (κ2) is 8.93. The first-order chi connectivity index (χ1) is 12.0. The summed E-state index contributed by atoms with van der Waals surface area (Å²) in [4.78, 5) is 26.4. The maximum Gasteiger partial charge on any atom is 0.273 e. The number of nitrogens with two attached hydrogens (primary N) is 1. The Morgan fingerprint density at radius 3 is 2.76 bits per heavy atom. The van der Waals surface area contributed by atoms with E-state index < -0.39 is 4.92 Å². The summed E-state index contributed by atoms with van der Waals surface area (Å²) in [7, 11) is 0. The molecule has 0 radical (unpaired) electrons. The van der Waals surface area contributed by atoms with E-state index in [-0.39, 0.29) is 23.3 Å². The van der Waals surface area contributed by atoms with Gasteiger partial charge in [-0.05, 0) is 18.4 Å². The maximum atomic E-state index is 12.1. The molecule has 0 saturated heterocycles. The number of nitro benzene ring substituents is 1. The highest BCUT2D eigenvalue weighted by atomic mass is 16.6. The molecule has 0 bridgehead atoms. The predicted molar refractivity (Wildman–Crippen MR) is 92.1 cm³/mol. The van der Waals surface area contributed by atoms with Gasteiger partial charge in [-0.2, -0.15) is 0 Å². The number of carbonyl (C=O) groups is 1. The lowest BCUT2D eigenvalue weighted by molar-refractivity contribution is -0.384. The molecule has 0 spiro atoms. The van der Waals surface area contributed by atoms with Gasteiger partial charge in [0, 0.05) is 18.7 Å². The summed E-state index contributed by atoms with van der Waals surface area (Å²) < 4.78 is 5.28. The van der Waals surface area contributed by atoms with E-state index in [9.17, 15) is 14.9 Å². The molecule has 8 heteroatoms. The summed E-state index contributed by atoms with van der Waals surface area (Å²) in [5.74, 6) is 0.0357. The van der Waals surface area contributed by atoms with Crippen LogP contribution in [0.1, 0.15) is 54.2 Å². The van der Waals surface area contributed by atoms with Crippen molar-refractivity contribution in [2.24, 2.45) is 5.73 Å². The highest BCUT2D eigenvalue weighted by Gasteiger charge is 2.16. The summed E-state index contributed by atoms with van der Waals surface area (Å²) >= 11 is 0. The summed E-state index contributed by atoms with van der Waals surface area (Å²) in [6, 6.07) is 5.93. The van der Waals surface area contributed by atoms with Crippen LogP contribution in [0.2, 0.25) is 0 Å². The zero-order valence-electron chi connectivity index (χ0n) is 14.1. The Morgan fingerprint density at radius 2 is 2.12 bits per heavy atom. The van der Waals surface area contributed by atoms with Crippen molar-refractivity contribution >= 4 is 11.6 Å². The number of non-ortho nitro benzene ring substituents is 1. The molecule has 3 N–H and O–H groups in total. The van der Waals surface area contributed by atoms with Gasteiger partial charge >= 0.3 is 0 Å². The monoisotopic (exact) mass is 346 g/mol. The number of rotatable bonds is 9. The number of nitro groups is 1. The summed E-state index contributed by atoms with van der Waals surface area (Å²) in [6.07, 6.45) is 4.63. The van der Waals surface area contributed by atoms with Crippen molar-refractivity contribution in [3.8, 4) is 0 Å². The maximum absolute atomic E-state index is 12.1. The van der Waals surface area contributed by atoms with Crippen molar-refractivity contribution in [3.63, 3.8) is 0 Å². The molecule has 1 atom stereocenters. The molecule has 1 aromatic carbocycles. The number of nitrogens with one attached hydrogen (secondary N) is 1. The van der Waals surface area contributed by atoms with Crippen LogP contribution in [0.4, 0.5) is 5.69 Å². The average Bonchev–Trinajstić information content (AvgIpc) is 3.10. The van der Waals surface area contributed by atoms with Crippen LogP contribution < -0.4 is 11.1 Å². The van der Waals surface area contributed by atoms with Gasteiger partial charge in [-0.15, -0.1) is 0 Å². The smallest absolute Gasteiger partial charge is 0.273 e. The fraction of sp³-hybridized carbons (Fsp3) is 0.412. The molecule has 8 nitrogen and oxygen atoms in total. The molecule has 2 aromatic rings. The molecule has 134 valence electrons. The second-order valence-electron chi connectivity index (χ2n) is 5.75. The standard InChI is InChI=1S/C17H22N4O4/c1-2-3-4-14(18)17-20-15(11-25-17)16(22)19-10-9-12-5-7-13(8-6-12)21(23)24/h5-8,11,14H,2-4,9-10,18H2,1H3,(H,19,22). The predicted octanol–water partition coefficient (Wildman–Crippen LogP) is 2.75. The number of carbonyl (C=O) groups excluding carboxylic acids is 1. The third-order valence-corrected chi connectivity index (χ3v) is 3.79. The Morgan fingerprint density at radius 1 is 1.40 bits per heavy atom. The Bertz CT molecular complexity index is 712. The number of unbranched alkanes of at least 4 members (excludes halogenated alkanes) is 1. The van der Waals surface area contributed by atoms with E-state index in [0.717, 1.165) is 24.8 Å². The van der Waals surface area contributed by atoms with Gasteiger partial charge in [-0.25, -0.2) is 4.98 Å². The third-order valence-electron chi connectivity index (χ3n) is 3.79. The normalized spacial score (nSPS) is 11.9. The lowest BCUT2D eigenvalue weighted by Crippen LogP contribution is -2.26. The average molecular weight is 346 g/mol. The molecule has 1 heterocycles. The van der Waals surface area contributed by atoms with E-state index >= 15 is 0 Å². The van der Waals surface area contributed by atoms with Crippen molar-refractivity contribution in [1.82, 2.24) is 10.3 Å². The van der Waals surface area contributed by atoms with Crippen molar-refractivity contribution in [1.29, 1.82) is 0 Å². The topological polar surface area (TPSA) is 124 Å². The van der Waals surface area contributed by atoms with Crippen molar-refractivity contribution in [3.05, 3.63) is 57.8 Å². The van der Waals surface area contributed by atoms with Crippen LogP contribution in [0.15, 0.2) is 34.9 Å². The van der Waals surface area contributed by atoms with Gasteiger partial charge in [0.1, 0.15) is 6.26 Å². The fourth-order valence-electron chi connectivity index (χ4n) is 2.30. The second-order valence-corrected chi connectivity index (χ2v) is 5.75. The largest absolute Gasteiger partial charge is 0.446 e. The minimum atomic E-state index is -0.446. The van der Waals surface area contributed by atoms with E-state index in [2.05, 4.69) is 17.2 Å². The van der Waals surface area contributed by atoms with E-state index in [1.165, 1.54) is 18.4 Å². The van der Waals surface area contributed by atoms with Crippen LogP contribution in [0, 0.1) is 10.1 Å². The van der Waals surface area contributed by atoms with Gasteiger partial charge in [0.25, 0.3) is 11.6 Å². The Kier molecular flexibility index (Phi) is 6.64. The van der Waals surface area contributed by atoms with Crippen LogP contribution in [-0.2, 0) is 6.42 Å². The zero-order chi connectivity index (χ0) is 18.2. The van der Waals surface area contributed by atoms with E-state index in [0.29, 0.717) is 18.9 Å². The van der Waals surface area contributed by atoms with E-state index in [4.69, 9.17) is 10.2 Å². The van der Waals surface area contributed by atoms with Crippen molar-refractivity contribution < 1.29 is 14.1 Å². The van der Waals surface area contributed by atoms with Crippen LogP contribution in [0.3, 0.4) is 0 Å². The van der Waals surface area contributed by atoms with Crippen molar-refractivity contribution in [2.75, 3.05) is 6.54 Å². The molecule has 0 aliphatic heterocycles. The number of hydrogen-bond donors (Lipinski definition) is 2. The molecule has 0 aliphatic rings. The van der Waals surface area contributed by atoms with Gasteiger partial charge in [0.15, 0.2) is 5.69 Å². The summed E-state index contributed by atoms with van der Waals surface area (Å²) in [5, 5.41) is 13.3. The minimum Gasteiger partial charge on any atom is -0.446 e. The van der Waals surface area contributed by atoms with Crippen LogP contribution in [-0.4, -0.2) is 22.4 Å². The number of aromatic nitrogens is 1. The first-order valence-electron chi connectivity index (χ1n) is 8.23. The van der Waals surface area contributed by atoms with Gasteiger partial charge < -0.3 is 15.5 Å². The number of nitrogens with zero attached hydrogens (tertiary/aromatic N) is 2. The molecule has 0 saturated carbocycles. The number of oxazole rings is 1. The number of hydrogen-bond acceptors (Lipinski definition) is 6. The first-order valence-corrected chi connectivity index (χ1v) is 8.23. The van der Waals surface area contributed by atoms with Crippen LogP contribution in [0.25, 0.3) is 0 Å². The molecule has 1 unspecified atom stereocenters. The Balaban J connectivity index is 1.82. The lowest BCUT2D eigenvalue weighted by Gasteiger charge is -2.05. The van der Waals surface area contributed by atoms with Gasteiger partial charge in [-0.3, -0.25) is 14.9 Å². The van der Waals surface area contributed by atoms with Crippen molar-refractivity contribution in [2.45, 2.75) is 38.6 Å². The van der Waals surface area contributed by atoms with E-state index in [1.807, 2.05) is 0 Å². The number of benzene rings is 1. The fourth-order valence-corrected chi connectivity index (χ4v) is 2.30. The molecule has 0 aliphatic carbocycles. The molecule has 25 heavy (non-hydrogen) atoms. The molecular weight excluding hydrogens is 324 g/mol. The lowest BCUT2D eigenvalue weighted by atomic mass is 10.1. The van der Waals surface area contributed by atoms with Gasteiger partial charge in [0.2, 0.25) is 5.89 Å². The van der Waals surface area contributed by atoms with Gasteiger partial charge in [-0.1, -0.05) is 31.9 Å². The zero-order valence-corrected chi connectivity index (χ0v) is 14.1. The van der Waals surface area contributed by atoms with E-state index in [1.54, 1.807) is 12.1 Å². The minimum absolute atomic E-state index is 0.0438. The molecule has 2 rings (SSSR count). The van der Waals surface area contributed by atoms with Gasteiger partial charge in [0.05, 0.1) is 11.0 Å². The highest BCUT2D eigenvalue weighted by molar-refractivity contribution is 5.91. The van der Waals surface area contributed by atoms with Crippen LogP contribution in [0.5, 0.6) is 0 Å².